The Balaban J connectivity index is 2.56. The predicted molar refractivity (Wildman–Crippen MR) is 92.4 cm³/mol. The van der Waals surface area contributed by atoms with Crippen LogP contribution in [0.3, 0.4) is 0 Å². The molecular weight excluding hydrogens is 421 g/mol. The first-order chi connectivity index (χ1) is 9.97. The van der Waals surface area contributed by atoms with Gasteiger partial charge in [-0.05, 0) is 51.8 Å². The Hall–Kier alpha value is -0.750. The summed E-state index contributed by atoms with van der Waals surface area (Å²) in [5.74, 6) is 1.38. The molecular formula is C15H14Br2ClNO2. The zero-order valence-corrected chi connectivity index (χ0v) is 15.4. The average Bonchev–Trinajstić information content (AvgIpc) is 2.48. The van der Waals surface area contributed by atoms with Crippen molar-refractivity contribution in [3.8, 4) is 11.5 Å². The Morgan fingerprint density at radius 1 is 0.952 bits per heavy atom. The van der Waals surface area contributed by atoms with E-state index >= 15 is 0 Å². The molecule has 112 valence electrons. The fraction of sp³-hybridized carbons (Fsp3) is 0.200. The van der Waals surface area contributed by atoms with Gasteiger partial charge in [0, 0.05) is 15.1 Å². The second kappa shape index (κ2) is 7.01. The molecule has 6 heteroatoms. The standard InChI is InChI=1S/C15H14Br2ClNO2/c1-20-13-7-12(17)14(21-2)6-10(13)15(19)9-5-8(18)3-4-11(9)16/h3-7,15H,19H2,1-2H3. The molecule has 0 fully saturated rings. The highest BCUT2D eigenvalue weighted by atomic mass is 79.9. The Labute approximate surface area is 145 Å². The van der Waals surface area contributed by atoms with Gasteiger partial charge in [0.1, 0.15) is 11.5 Å². The quantitative estimate of drug-likeness (QED) is 0.741. The fourth-order valence-corrected chi connectivity index (χ4v) is 3.21. The summed E-state index contributed by atoms with van der Waals surface area (Å²) in [5.41, 5.74) is 8.10. The van der Waals surface area contributed by atoms with E-state index < -0.39 is 6.04 Å². The van der Waals surface area contributed by atoms with Gasteiger partial charge in [0.15, 0.2) is 0 Å². The zero-order valence-electron chi connectivity index (χ0n) is 11.5. The molecule has 21 heavy (non-hydrogen) atoms. The summed E-state index contributed by atoms with van der Waals surface area (Å²) >= 11 is 13.0. The molecule has 2 N–H and O–H groups in total. The number of benzene rings is 2. The second-order valence-electron chi connectivity index (χ2n) is 4.37. The average molecular weight is 436 g/mol. The lowest BCUT2D eigenvalue weighted by atomic mass is 9.98. The van der Waals surface area contributed by atoms with Crippen LogP contribution >= 0.6 is 43.5 Å². The van der Waals surface area contributed by atoms with E-state index in [1.807, 2.05) is 24.3 Å². The lowest BCUT2D eigenvalue weighted by Gasteiger charge is -2.19. The maximum Gasteiger partial charge on any atom is 0.133 e. The van der Waals surface area contributed by atoms with Gasteiger partial charge in [-0.15, -0.1) is 0 Å². The van der Waals surface area contributed by atoms with E-state index in [1.165, 1.54) is 0 Å². The Kier molecular flexibility index (Phi) is 5.54. The number of hydrogen-bond acceptors (Lipinski definition) is 3. The molecule has 0 heterocycles. The third-order valence-corrected chi connectivity index (χ3v) is 4.71. The van der Waals surface area contributed by atoms with Crippen molar-refractivity contribution in [2.45, 2.75) is 6.04 Å². The molecule has 1 atom stereocenters. The van der Waals surface area contributed by atoms with E-state index in [-0.39, 0.29) is 0 Å². The third kappa shape index (κ3) is 3.54. The van der Waals surface area contributed by atoms with Crippen molar-refractivity contribution >= 4 is 43.5 Å². The van der Waals surface area contributed by atoms with Crippen LogP contribution in [-0.4, -0.2) is 14.2 Å². The van der Waals surface area contributed by atoms with E-state index in [0.717, 1.165) is 20.1 Å². The highest BCUT2D eigenvalue weighted by molar-refractivity contribution is 9.10. The van der Waals surface area contributed by atoms with Crippen molar-refractivity contribution < 1.29 is 9.47 Å². The molecule has 0 amide bonds. The summed E-state index contributed by atoms with van der Waals surface area (Å²) in [5, 5.41) is 0.631. The fourth-order valence-electron chi connectivity index (χ4n) is 2.05. The monoisotopic (exact) mass is 433 g/mol. The van der Waals surface area contributed by atoms with Crippen molar-refractivity contribution in [1.82, 2.24) is 0 Å². The van der Waals surface area contributed by atoms with Gasteiger partial charge in [-0.25, -0.2) is 0 Å². The van der Waals surface area contributed by atoms with Crippen LogP contribution in [0, 0.1) is 0 Å². The largest absolute Gasteiger partial charge is 0.496 e. The van der Waals surface area contributed by atoms with E-state index in [2.05, 4.69) is 31.9 Å². The van der Waals surface area contributed by atoms with Gasteiger partial charge >= 0.3 is 0 Å². The normalized spacial score (nSPS) is 12.1. The van der Waals surface area contributed by atoms with Crippen LogP contribution in [0.5, 0.6) is 11.5 Å². The number of nitrogens with two attached hydrogens (primary N) is 1. The first-order valence-electron chi connectivity index (χ1n) is 6.10. The molecule has 2 aromatic carbocycles. The van der Waals surface area contributed by atoms with Crippen LogP contribution in [0.1, 0.15) is 17.2 Å². The maximum absolute atomic E-state index is 6.40. The molecule has 1 unspecified atom stereocenters. The van der Waals surface area contributed by atoms with Gasteiger partial charge < -0.3 is 15.2 Å². The van der Waals surface area contributed by atoms with Gasteiger partial charge in [-0.1, -0.05) is 27.5 Å². The summed E-state index contributed by atoms with van der Waals surface area (Å²) in [6.45, 7) is 0. The molecule has 3 nitrogen and oxygen atoms in total. The third-order valence-electron chi connectivity index (χ3n) is 3.13. The molecule has 2 rings (SSSR count). The van der Waals surface area contributed by atoms with Crippen LogP contribution in [0.2, 0.25) is 5.02 Å². The maximum atomic E-state index is 6.40. The summed E-state index contributed by atoms with van der Waals surface area (Å²) in [4.78, 5) is 0. The van der Waals surface area contributed by atoms with Crippen LogP contribution in [0.25, 0.3) is 0 Å². The summed E-state index contributed by atoms with van der Waals surface area (Å²) in [6, 6.07) is 8.83. The molecule has 0 saturated heterocycles. The van der Waals surface area contributed by atoms with Crippen molar-refractivity contribution in [2.24, 2.45) is 5.73 Å². The van der Waals surface area contributed by atoms with Crippen molar-refractivity contribution in [1.29, 1.82) is 0 Å². The Bertz CT molecular complexity index is 664. The minimum Gasteiger partial charge on any atom is -0.496 e. The molecule has 0 saturated carbocycles. The van der Waals surface area contributed by atoms with Crippen molar-refractivity contribution in [3.05, 3.63) is 55.4 Å². The van der Waals surface area contributed by atoms with Crippen molar-refractivity contribution in [2.75, 3.05) is 14.2 Å². The SMILES string of the molecule is COc1cc(C(N)c2cc(Cl)ccc2Br)c(OC)cc1Br. The zero-order chi connectivity index (χ0) is 15.6. The smallest absolute Gasteiger partial charge is 0.133 e. The predicted octanol–water partition coefficient (Wildman–Crippen LogP) is 4.93. The molecule has 0 spiro atoms. The number of methoxy groups -OCH3 is 2. The summed E-state index contributed by atoms with van der Waals surface area (Å²) in [6.07, 6.45) is 0. The van der Waals surface area contributed by atoms with Gasteiger partial charge in [-0.2, -0.15) is 0 Å². The molecule has 0 aliphatic carbocycles. The number of halogens is 3. The van der Waals surface area contributed by atoms with Crippen LogP contribution in [-0.2, 0) is 0 Å². The van der Waals surface area contributed by atoms with Crippen LogP contribution < -0.4 is 15.2 Å². The molecule has 0 bridgehead atoms. The highest BCUT2D eigenvalue weighted by Gasteiger charge is 2.19. The van der Waals surface area contributed by atoms with Gasteiger partial charge in [0.25, 0.3) is 0 Å². The van der Waals surface area contributed by atoms with Crippen molar-refractivity contribution in [3.63, 3.8) is 0 Å². The summed E-state index contributed by atoms with van der Waals surface area (Å²) in [7, 11) is 3.22. The lowest BCUT2D eigenvalue weighted by Crippen LogP contribution is -2.14. The number of rotatable bonds is 4. The van der Waals surface area contributed by atoms with E-state index in [1.54, 1.807) is 20.3 Å². The molecule has 0 aromatic heterocycles. The minimum atomic E-state index is -0.393. The minimum absolute atomic E-state index is 0.393. The molecule has 0 aliphatic heterocycles. The topological polar surface area (TPSA) is 44.5 Å². The number of ether oxygens (including phenoxy) is 2. The molecule has 0 radical (unpaired) electrons. The first-order valence-corrected chi connectivity index (χ1v) is 8.06. The Morgan fingerprint density at radius 2 is 1.62 bits per heavy atom. The van der Waals surface area contributed by atoms with Gasteiger partial charge in [-0.3, -0.25) is 0 Å². The molecule has 0 aliphatic rings. The van der Waals surface area contributed by atoms with Gasteiger partial charge in [0.2, 0.25) is 0 Å². The first kappa shape index (κ1) is 16.6. The molecule has 2 aromatic rings. The summed E-state index contributed by atoms with van der Waals surface area (Å²) < 4.78 is 12.5. The second-order valence-corrected chi connectivity index (χ2v) is 6.52. The highest BCUT2D eigenvalue weighted by Crippen LogP contribution is 2.39. The van der Waals surface area contributed by atoms with Crippen LogP contribution in [0.4, 0.5) is 0 Å². The Morgan fingerprint density at radius 3 is 2.24 bits per heavy atom. The van der Waals surface area contributed by atoms with E-state index in [0.29, 0.717) is 16.5 Å². The van der Waals surface area contributed by atoms with Crippen LogP contribution in [0.15, 0.2) is 39.3 Å². The lowest BCUT2D eigenvalue weighted by molar-refractivity contribution is 0.395. The number of hydrogen-bond donors (Lipinski definition) is 1. The van der Waals surface area contributed by atoms with E-state index in [4.69, 9.17) is 26.8 Å². The van der Waals surface area contributed by atoms with Gasteiger partial charge in [0.05, 0.1) is 24.7 Å². The van der Waals surface area contributed by atoms with E-state index in [9.17, 15) is 0 Å².